The van der Waals surface area contributed by atoms with Gasteiger partial charge in [0.05, 0.1) is 19.3 Å². The summed E-state index contributed by atoms with van der Waals surface area (Å²) in [5, 5.41) is 8.94. The first-order valence-corrected chi connectivity index (χ1v) is 6.58. The van der Waals surface area contributed by atoms with E-state index in [-0.39, 0.29) is 25.3 Å². The monoisotopic (exact) mass is 272 g/mol. The molecule has 19 heavy (non-hydrogen) atoms. The van der Waals surface area contributed by atoms with E-state index in [9.17, 15) is 9.59 Å². The van der Waals surface area contributed by atoms with Gasteiger partial charge in [0.2, 0.25) is 0 Å². The standard InChI is InChI=1S/C12H20N2O5/c1-9-7-13(3-2-5-18-9)12(17)14-4-6-19-10(8-14)11(15)16/h9-10H,2-8H2,1H3,(H,15,16). The molecule has 0 aromatic rings. The second-order valence-electron chi connectivity index (χ2n) is 4.91. The fraction of sp³-hybridized carbons (Fsp3) is 0.833. The van der Waals surface area contributed by atoms with Gasteiger partial charge >= 0.3 is 12.0 Å². The van der Waals surface area contributed by atoms with Gasteiger partial charge in [-0.3, -0.25) is 0 Å². The van der Waals surface area contributed by atoms with Gasteiger partial charge in [-0.15, -0.1) is 0 Å². The highest BCUT2D eigenvalue weighted by molar-refractivity contribution is 5.77. The molecule has 0 spiro atoms. The summed E-state index contributed by atoms with van der Waals surface area (Å²) in [5.74, 6) is -1.02. The van der Waals surface area contributed by atoms with Crippen LogP contribution in [0.25, 0.3) is 0 Å². The van der Waals surface area contributed by atoms with Gasteiger partial charge in [0.1, 0.15) is 0 Å². The smallest absolute Gasteiger partial charge is 0.334 e. The zero-order valence-electron chi connectivity index (χ0n) is 11.1. The Morgan fingerprint density at radius 1 is 1.11 bits per heavy atom. The average molecular weight is 272 g/mol. The Morgan fingerprint density at radius 3 is 2.58 bits per heavy atom. The van der Waals surface area contributed by atoms with E-state index in [1.807, 2.05) is 6.92 Å². The van der Waals surface area contributed by atoms with Gasteiger partial charge in [0.15, 0.2) is 6.10 Å². The SMILES string of the molecule is CC1CN(C(=O)N2CCOC(C(=O)O)C2)CCCO1. The van der Waals surface area contributed by atoms with Crippen LogP contribution in [0.3, 0.4) is 0 Å². The van der Waals surface area contributed by atoms with Gasteiger partial charge in [0.25, 0.3) is 0 Å². The highest BCUT2D eigenvalue weighted by atomic mass is 16.5. The van der Waals surface area contributed by atoms with E-state index in [2.05, 4.69) is 0 Å². The van der Waals surface area contributed by atoms with Crippen molar-refractivity contribution in [2.45, 2.75) is 25.6 Å². The lowest BCUT2D eigenvalue weighted by Gasteiger charge is -2.35. The van der Waals surface area contributed by atoms with Crippen molar-refractivity contribution in [2.24, 2.45) is 0 Å². The Hall–Kier alpha value is -1.34. The van der Waals surface area contributed by atoms with Crippen molar-refractivity contribution in [3.05, 3.63) is 0 Å². The topological polar surface area (TPSA) is 79.3 Å². The average Bonchev–Trinajstić information content (AvgIpc) is 2.62. The maximum atomic E-state index is 12.4. The first-order chi connectivity index (χ1) is 9.08. The molecule has 0 aliphatic carbocycles. The predicted octanol–water partition coefficient (Wildman–Crippen LogP) is 0.00260. The third kappa shape index (κ3) is 3.57. The van der Waals surface area contributed by atoms with Crippen LogP contribution in [0.1, 0.15) is 13.3 Å². The van der Waals surface area contributed by atoms with Gasteiger partial charge in [-0.25, -0.2) is 9.59 Å². The second kappa shape index (κ2) is 6.21. The molecule has 2 atom stereocenters. The van der Waals surface area contributed by atoms with Crippen LogP contribution in [0.15, 0.2) is 0 Å². The summed E-state index contributed by atoms with van der Waals surface area (Å²) in [6.45, 7) is 4.61. The maximum Gasteiger partial charge on any atom is 0.334 e. The van der Waals surface area contributed by atoms with Crippen LogP contribution < -0.4 is 0 Å². The van der Waals surface area contributed by atoms with Crippen molar-refractivity contribution in [1.82, 2.24) is 9.80 Å². The number of nitrogens with zero attached hydrogens (tertiary/aromatic N) is 2. The highest BCUT2D eigenvalue weighted by Crippen LogP contribution is 2.12. The van der Waals surface area contributed by atoms with Crippen LogP contribution >= 0.6 is 0 Å². The number of ether oxygens (including phenoxy) is 2. The molecule has 2 fully saturated rings. The molecule has 0 radical (unpaired) electrons. The number of carbonyl (C=O) groups excluding carboxylic acids is 1. The molecule has 108 valence electrons. The second-order valence-corrected chi connectivity index (χ2v) is 4.91. The lowest BCUT2D eigenvalue weighted by atomic mass is 10.2. The number of hydrogen-bond donors (Lipinski definition) is 1. The number of carboxylic acids is 1. The minimum Gasteiger partial charge on any atom is -0.479 e. The molecule has 2 heterocycles. The van der Waals surface area contributed by atoms with E-state index in [4.69, 9.17) is 14.6 Å². The number of rotatable bonds is 1. The van der Waals surface area contributed by atoms with E-state index in [1.54, 1.807) is 9.80 Å². The fourth-order valence-corrected chi connectivity index (χ4v) is 2.34. The van der Waals surface area contributed by atoms with Gasteiger partial charge in [0, 0.05) is 26.2 Å². The summed E-state index contributed by atoms with van der Waals surface area (Å²) in [6, 6.07) is -0.119. The Morgan fingerprint density at radius 2 is 1.84 bits per heavy atom. The summed E-state index contributed by atoms with van der Waals surface area (Å²) >= 11 is 0. The molecule has 0 aromatic heterocycles. The summed E-state index contributed by atoms with van der Waals surface area (Å²) in [4.78, 5) is 26.6. The van der Waals surface area contributed by atoms with Gasteiger partial charge in [-0.2, -0.15) is 0 Å². The summed E-state index contributed by atoms with van der Waals surface area (Å²) in [5.41, 5.74) is 0. The van der Waals surface area contributed by atoms with E-state index >= 15 is 0 Å². The molecule has 0 saturated carbocycles. The third-order valence-corrected chi connectivity index (χ3v) is 3.34. The first-order valence-electron chi connectivity index (χ1n) is 6.58. The van der Waals surface area contributed by atoms with Gasteiger partial charge in [-0.05, 0) is 13.3 Å². The number of carbonyl (C=O) groups is 2. The third-order valence-electron chi connectivity index (χ3n) is 3.34. The van der Waals surface area contributed by atoms with Gasteiger partial charge in [-0.1, -0.05) is 0 Å². The Labute approximate surface area is 112 Å². The van der Waals surface area contributed by atoms with E-state index in [0.717, 1.165) is 6.42 Å². The van der Waals surface area contributed by atoms with Crippen molar-refractivity contribution in [3.63, 3.8) is 0 Å². The highest BCUT2D eigenvalue weighted by Gasteiger charge is 2.32. The fourth-order valence-electron chi connectivity index (χ4n) is 2.34. The Bertz CT molecular complexity index is 349. The number of amides is 2. The van der Waals surface area contributed by atoms with Crippen LogP contribution in [0.2, 0.25) is 0 Å². The first kappa shape index (κ1) is 14.1. The summed E-state index contributed by atoms with van der Waals surface area (Å²) < 4.78 is 10.6. The number of carboxylic acid groups (broad SMARTS) is 1. The summed E-state index contributed by atoms with van der Waals surface area (Å²) in [6.07, 6.45) is -0.0934. The molecule has 7 nitrogen and oxygen atoms in total. The number of hydrogen-bond acceptors (Lipinski definition) is 4. The molecule has 2 saturated heterocycles. The zero-order chi connectivity index (χ0) is 13.8. The number of aliphatic carboxylic acids is 1. The lowest BCUT2D eigenvalue weighted by molar-refractivity contribution is -0.154. The molecule has 2 aliphatic rings. The van der Waals surface area contributed by atoms with Crippen LogP contribution in [-0.2, 0) is 14.3 Å². The van der Waals surface area contributed by atoms with Crippen LogP contribution in [0, 0.1) is 0 Å². The molecule has 2 amide bonds. The number of morpholine rings is 1. The maximum absolute atomic E-state index is 12.4. The molecule has 2 unspecified atom stereocenters. The minimum absolute atomic E-state index is 0.0164. The number of urea groups is 1. The van der Waals surface area contributed by atoms with Crippen molar-refractivity contribution >= 4 is 12.0 Å². The van der Waals surface area contributed by atoms with E-state index in [0.29, 0.717) is 26.2 Å². The minimum atomic E-state index is -1.02. The lowest BCUT2D eigenvalue weighted by Crippen LogP contribution is -2.53. The zero-order valence-corrected chi connectivity index (χ0v) is 11.1. The molecule has 2 aliphatic heterocycles. The molecule has 2 rings (SSSR count). The molecule has 0 aromatic carbocycles. The van der Waals surface area contributed by atoms with Crippen LogP contribution in [-0.4, -0.2) is 78.5 Å². The summed E-state index contributed by atoms with van der Waals surface area (Å²) in [7, 11) is 0. The Balaban J connectivity index is 1.96. The van der Waals surface area contributed by atoms with Crippen molar-refractivity contribution < 1.29 is 24.2 Å². The van der Waals surface area contributed by atoms with Crippen LogP contribution in [0.5, 0.6) is 0 Å². The van der Waals surface area contributed by atoms with Crippen molar-refractivity contribution in [1.29, 1.82) is 0 Å². The molecule has 7 heteroatoms. The largest absolute Gasteiger partial charge is 0.479 e. The normalized spacial score (nSPS) is 28.9. The van der Waals surface area contributed by atoms with E-state index < -0.39 is 12.1 Å². The van der Waals surface area contributed by atoms with Crippen molar-refractivity contribution in [3.8, 4) is 0 Å². The molecular weight excluding hydrogens is 252 g/mol. The van der Waals surface area contributed by atoms with E-state index in [1.165, 1.54) is 0 Å². The molecule has 0 bridgehead atoms. The predicted molar refractivity (Wildman–Crippen MR) is 65.9 cm³/mol. The molecule has 1 N–H and O–H groups in total. The van der Waals surface area contributed by atoms with Crippen molar-refractivity contribution in [2.75, 3.05) is 39.4 Å². The van der Waals surface area contributed by atoms with Crippen LogP contribution in [0.4, 0.5) is 4.79 Å². The van der Waals surface area contributed by atoms with Gasteiger partial charge < -0.3 is 24.4 Å². The molecular formula is C12H20N2O5. The quantitative estimate of drug-likeness (QED) is 0.727. The Kier molecular flexibility index (Phi) is 4.60.